The first kappa shape index (κ1) is 21.8. The minimum Gasteiger partial charge on any atom is -0.598 e. The number of ether oxygens (including phenoxy) is 1. The molecule has 1 N–H and O–H groups in total. The Hall–Kier alpha value is -1.24. The van der Waals surface area contributed by atoms with E-state index in [2.05, 4.69) is 18.6 Å². The third kappa shape index (κ3) is 7.26. The average molecular weight is 369 g/mol. The molecule has 1 atom stereocenters. The normalized spacial score (nSPS) is 13.5. The molecular weight excluding hydrogens is 336 g/mol. The molecule has 1 amide bonds. The van der Waals surface area contributed by atoms with Crippen molar-refractivity contribution in [2.24, 2.45) is 0 Å². The van der Waals surface area contributed by atoms with Gasteiger partial charge in [0.05, 0.1) is 5.54 Å². The van der Waals surface area contributed by atoms with Crippen LogP contribution in [-0.4, -0.2) is 39.9 Å². The molecule has 6 heteroatoms. The van der Waals surface area contributed by atoms with Crippen LogP contribution in [-0.2, 0) is 17.8 Å². The maximum atomic E-state index is 12.3. The van der Waals surface area contributed by atoms with Gasteiger partial charge in [-0.1, -0.05) is 12.1 Å². The second-order valence-electron chi connectivity index (χ2n) is 8.23. The van der Waals surface area contributed by atoms with Crippen molar-refractivity contribution in [1.82, 2.24) is 9.62 Å². The van der Waals surface area contributed by atoms with E-state index in [0.717, 1.165) is 18.4 Å². The summed E-state index contributed by atoms with van der Waals surface area (Å²) in [6.45, 7) is 11.9. The van der Waals surface area contributed by atoms with Crippen LogP contribution in [0, 0.1) is 6.92 Å². The number of aryl methyl sites for hydroxylation is 2. The van der Waals surface area contributed by atoms with Gasteiger partial charge in [-0.25, -0.2) is 4.79 Å². The van der Waals surface area contributed by atoms with Gasteiger partial charge in [0, 0.05) is 25.5 Å². The monoisotopic (exact) mass is 368 g/mol. The van der Waals surface area contributed by atoms with Crippen molar-refractivity contribution in [2.75, 3.05) is 14.1 Å². The van der Waals surface area contributed by atoms with Crippen molar-refractivity contribution in [3.05, 3.63) is 29.3 Å². The van der Waals surface area contributed by atoms with Crippen LogP contribution in [0.5, 0.6) is 5.75 Å². The molecule has 5 nitrogen and oxygen atoms in total. The first-order valence-electron chi connectivity index (χ1n) is 8.50. The number of amides is 1. The smallest absolute Gasteiger partial charge is 0.414 e. The number of carbonyl (C=O) groups excluding carboxylic acids is 1. The summed E-state index contributed by atoms with van der Waals surface area (Å²) in [5, 5.41) is 0. The average Bonchev–Trinajstić information content (AvgIpc) is 2.46. The molecule has 1 aromatic rings. The van der Waals surface area contributed by atoms with Gasteiger partial charge >= 0.3 is 6.09 Å². The Bertz CT molecular complexity index is 595. The molecule has 0 aliphatic rings. The Labute approximate surface area is 155 Å². The summed E-state index contributed by atoms with van der Waals surface area (Å²) >= 11 is -1.10. The molecule has 0 bridgehead atoms. The molecule has 0 aromatic heterocycles. The first-order chi connectivity index (χ1) is 11.3. The van der Waals surface area contributed by atoms with Crippen LogP contribution < -0.4 is 9.46 Å². The highest BCUT2D eigenvalue weighted by atomic mass is 32.2. The number of hydrogen-bond donors (Lipinski definition) is 1. The van der Waals surface area contributed by atoms with Gasteiger partial charge in [0.2, 0.25) is 0 Å². The lowest BCUT2D eigenvalue weighted by atomic mass is 9.96. The van der Waals surface area contributed by atoms with E-state index in [1.165, 1.54) is 10.5 Å². The molecule has 1 aromatic carbocycles. The SMILES string of the molecule is Cc1cc(CCC(C)(C)N[S+]([O-])C(C)(C)C)ccc1OC(=O)N(C)C. The van der Waals surface area contributed by atoms with Crippen molar-refractivity contribution in [3.8, 4) is 5.75 Å². The highest BCUT2D eigenvalue weighted by Gasteiger charge is 2.32. The highest BCUT2D eigenvalue weighted by molar-refractivity contribution is 7.90. The molecule has 0 saturated carbocycles. The Kier molecular flexibility index (Phi) is 7.35. The maximum absolute atomic E-state index is 12.3. The van der Waals surface area contributed by atoms with Crippen molar-refractivity contribution in [1.29, 1.82) is 0 Å². The van der Waals surface area contributed by atoms with Gasteiger partial charge in [-0.3, -0.25) is 0 Å². The molecule has 25 heavy (non-hydrogen) atoms. The van der Waals surface area contributed by atoms with Crippen molar-refractivity contribution >= 4 is 17.5 Å². The van der Waals surface area contributed by atoms with Crippen LogP contribution in [0.25, 0.3) is 0 Å². The van der Waals surface area contributed by atoms with Gasteiger partial charge in [0.15, 0.2) is 0 Å². The highest BCUT2D eigenvalue weighted by Crippen LogP contribution is 2.24. The Morgan fingerprint density at radius 2 is 1.84 bits per heavy atom. The summed E-state index contributed by atoms with van der Waals surface area (Å²) in [5.74, 6) is 0.577. The van der Waals surface area contributed by atoms with Gasteiger partial charge in [0.1, 0.15) is 10.5 Å². The third-order valence-electron chi connectivity index (χ3n) is 3.77. The Balaban J connectivity index is 2.68. The zero-order chi connectivity index (χ0) is 19.4. The summed E-state index contributed by atoms with van der Waals surface area (Å²) in [4.78, 5) is 13.1. The second-order valence-corrected chi connectivity index (χ2v) is 10.2. The molecule has 0 fully saturated rings. The number of hydrogen-bond acceptors (Lipinski definition) is 4. The zero-order valence-corrected chi connectivity index (χ0v) is 17.5. The fourth-order valence-electron chi connectivity index (χ4n) is 2.08. The summed E-state index contributed by atoms with van der Waals surface area (Å²) in [7, 11) is 3.31. The largest absolute Gasteiger partial charge is 0.598 e. The Morgan fingerprint density at radius 3 is 2.32 bits per heavy atom. The minimum atomic E-state index is -1.10. The summed E-state index contributed by atoms with van der Waals surface area (Å²) in [6.07, 6.45) is 1.32. The lowest BCUT2D eigenvalue weighted by Crippen LogP contribution is -2.50. The van der Waals surface area contributed by atoms with E-state index in [-0.39, 0.29) is 16.4 Å². The van der Waals surface area contributed by atoms with Crippen molar-refractivity contribution in [2.45, 2.75) is 64.7 Å². The van der Waals surface area contributed by atoms with Crippen molar-refractivity contribution in [3.63, 3.8) is 0 Å². The molecule has 0 heterocycles. The van der Waals surface area contributed by atoms with Gasteiger partial charge in [-0.2, -0.15) is 0 Å². The number of nitrogens with zero attached hydrogens (tertiary/aromatic N) is 1. The van der Waals surface area contributed by atoms with Gasteiger partial charge < -0.3 is 14.2 Å². The third-order valence-corrected chi connectivity index (χ3v) is 5.62. The van der Waals surface area contributed by atoms with E-state index in [4.69, 9.17) is 4.74 Å². The van der Waals surface area contributed by atoms with Crippen LogP contribution in [0.3, 0.4) is 0 Å². The predicted molar refractivity (Wildman–Crippen MR) is 104 cm³/mol. The van der Waals surface area contributed by atoms with E-state index in [0.29, 0.717) is 5.75 Å². The maximum Gasteiger partial charge on any atom is 0.414 e. The topological polar surface area (TPSA) is 64.6 Å². The molecule has 142 valence electrons. The molecule has 1 rings (SSSR count). The fraction of sp³-hybridized carbons (Fsp3) is 0.632. The first-order valence-corrected chi connectivity index (χ1v) is 9.65. The van der Waals surface area contributed by atoms with Gasteiger partial charge in [0.25, 0.3) is 0 Å². The summed E-state index contributed by atoms with van der Waals surface area (Å²) in [5.41, 5.74) is 1.86. The number of carbonyl (C=O) groups is 1. The van der Waals surface area contributed by atoms with E-state index in [9.17, 15) is 9.35 Å². The zero-order valence-electron chi connectivity index (χ0n) is 16.7. The van der Waals surface area contributed by atoms with E-state index in [1.807, 2.05) is 45.9 Å². The number of benzene rings is 1. The molecular formula is C19H32N2O3S. The standard InChI is InChI=1S/C19H32N2O3S/c1-14-13-15(9-10-16(14)24-17(22)21(7)8)11-12-19(5,6)20-25(23)18(2,3)4/h9-10,13,20H,11-12H2,1-8H3. The molecule has 0 aliphatic heterocycles. The van der Waals surface area contributed by atoms with Crippen LogP contribution in [0.4, 0.5) is 4.79 Å². The molecule has 0 spiro atoms. The predicted octanol–water partition coefficient (Wildman–Crippen LogP) is 3.82. The van der Waals surface area contributed by atoms with Crippen LogP contribution in [0.2, 0.25) is 0 Å². The molecule has 0 saturated heterocycles. The van der Waals surface area contributed by atoms with E-state index in [1.54, 1.807) is 14.1 Å². The molecule has 0 radical (unpaired) electrons. The van der Waals surface area contributed by atoms with Crippen molar-refractivity contribution < 1.29 is 14.1 Å². The number of rotatable bonds is 6. The van der Waals surface area contributed by atoms with Crippen LogP contribution in [0.1, 0.15) is 52.2 Å². The summed E-state index contributed by atoms with van der Waals surface area (Å²) < 4.78 is 20.6. The molecule has 0 aliphatic carbocycles. The van der Waals surface area contributed by atoms with Crippen LogP contribution in [0.15, 0.2) is 18.2 Å². The van der Waals surface area contributed by atoms with Crippen LogP contribution >= 0.6 is 0 Å². The fourth-order valence-corrected chi connectivity index (χ4v) is 2.99. The quantitative estimate of drug-likeness (QED) is 0.775. The second kappa shape index (κ2) is 8.43. The van der Waals surface area contributed by atoms with Gasteiger partial charge in [-0.15, -0.1) is 4.72 Å². The lowest BCUT2D eigenvalue weighted by Gasteiger charge is -2.32. The lowest BCUT2D eigenvalue weighted by molar-refractivity contribution is 0.171. The summed E-state index contributed by atoms with van der Waals surface area (Å²) in [6, 6.07) is 5.84. The van der Waals surface area contributed by atoms with Gasteiger partial charge in [-0.05, 0) is 71.6 Å². The van der Waals surface area contributed by atoms with E-state index < -0.39 is 11.4 Å². The Morgan fingerprint density at radius 1 is 1.24 bits per heavy atom. The van der Waals surface area contributed by atoms with E-state index >= 15 is 0 Å². The molecule has 1 unspecified atom stereocenters. The number of nitrogens with one attached hydrogen (secondary N) is 1. The minimum absolute atomic E-state index is 0.234.